The number of fused-ring (bicyclic) bond motifs is 1. The number of carbonyl (C=O) groups excluding carboxylic acids is 1. The van der Waals surface area contributed by atoms with E-state index < -0.39 is 16.1 Å². The van der Waals surface area contributed by atoms with Crippen molar-refractivity contribution in [1.29, 1.82) is 0 Å². The van der Waals surface area contributed by atoms with Gasteiger partial charge in [0, 0.05) is 19.6 Å². The van der Waals surface area contributed by atoms with E-state index in [1.165, 1.54) is 21.7 Å². The first-order valence-corrected chi connectivity index (χ1v) is 14.3. The van der Waals surface area contributed by atoms with Crippen LogP contribution in [0.3, 0.4) is 0 Å². The van der Waals surface area contributed by atoms with Crippen molar-refractivity contribution in [2.45, 2.75) is 23.1 Å². The zero-order valence-electron chi connectivity index (χ0n) is 18.8. The Balaban J connectivity index is 1.72. The number of amides is 1. The topological polar surface area (TPSA) is 83.0 Å². The summed E-state index contributed by atoms with van der Waals surface area (Å²) in [5, 5.41) is 0.968. The molecule has 8 nitrogen and oxygen atoms in total. The number of sulfonamides is 1. The minimum absolute atomic E-state index is 0.133. The van der Waals surface area contributed by atoms with Gasteiger partial charge in [0.05, 0.1) is 21.2 Å². The van der Waals surface area contributed by atoms with Gasteiger partial charge in [-0.1, -0.05) is 34.5 Å². The summed E-state index contributed by atoms with van der Waals surface area (Å²) in [6, 6.07) is 5.67. The van der Waals surface area contributed by atoms with Crippen molar-refractivity contribution in [2.75, 3.05) is 45.7 Å². The molecule has 1 aliphatic rings. The minimum Gasteiger partial charge on any atom is -0.494 e. The summed E-state index contributed by atoms with van der Waals surface area (Å²) in [5.41, 5.74) is 0.571. The quantitative estimate of drug-likeness (QED) is 0.404. The van der Waals surface area contributed by atoms with Crippen LogP contribution in [0.5, 0.6) is 5.75 Å². The number of hydrogen-bond donors (Lipinski definition) is 0. The van der Waals surface area contributed by atoms with Crippen LogP contribution in [-0.2, 0) is 14.8 Å². The molecular weight excluding hydrogens is 539 g/mol. The van der Waals surface area contributed by atoms with Crippen molar-refractivity contribution in [2.24, 2.45) is 0 Å². The number of carbonyl (C=O) groups is 1. The molecule has 4 rings (SSSR count). The van der Waals surface area contributed by atoms with Crippen molar-refractivity contribution >= 4 is 77.2 Å². The number of methoxy groups -OCH3 is 1. The number of likely N-dealkylation sites (N-methyl/N-ethyl adjacent to an activating group) is 1. The molecule has 2 aromatic heterocycles. The van der Waals surface area contributed by atoms with Crippen molar-refractivity contribution in [3.63, 3.8) is 0 Å². The maximum Gasteiger partial charge on any atom is 0.253 e. The lowest BCUT2D eigenvalue weighted by atomic mass is 10.2. The standard InChI is InChI=1S/C21H24Cl2N4O4S3/c1-25(2)11-12-26(21-24-18-15(31-3)7-6-13(22)19(18)33-21)20(28)14-5-4-10-27(14)34(29,30)17-9-8-16(23)32-17/h6-9,14H,4-5,10-12H2,1-3H3. The molecule has 0 spiro atoms. The molecule has 0 aliphatic carbocycles. The highest BCUT2D eigenvalue weighted by Gasteiger charge is 2.42. The monoisotopic (exact) mass is 562 g/mol. The van der Waals surface area contributed by atoms with Crippen LogP contribution in [0.4, 0.5) is 5.13 Å². The molecule has 1 amide bonds. The van der Waals surface area contributed by atoms with Crippen LogP contribution < -0.4 is 9.64 Å². The summed E-state index contributed by atoms with van der Waals surface area (Å²) in [5.74, 6) is 0.251. The Kier molecular flexibility index (Phi) is 7.73. The van der Waals surface area contributed by atoms with Crippen LogP contribution in [0.1, 0.15) is 12.8 Å². The van der Waals surface area contributed by atoms with E-state index in [1.54, 1.807) is 30.2 Å². The molecule has 34 heavy (non-hydrogen) atoms. The highest BCUT2D eigenvalue weighted by molar-refractivity contribution is 7.91. The van der Waals surface area contributed by atoms with E-state index in [2.05, 4.69) is 4.98 Å². The second kappa shape index (κ2) is 10.3. The minimum atomic E-state index is -3.85. The number of anilines is 1. The SMILES string of the molecule is COc1ccc(Cl)c2sc(N(CCN(C)C)C(=O)C3CCCN3S(=O)(=O)c3ccc(Cl)s3)nc12. The highest BCUT2D eigenvalue weighted by atomic mass is 35.5. The number of aromatic nitrogens is 1. The summed E-state index contributed by atoms with van der Waals surface area (Å²) < 4.78 is 34.6. The first-order chi connectivity index (χ1) is 16.1. The van der Waals surface area contributed by atoms with E-state index in [1.807, 2.05) is 19.0 Å². The van der Waals surface area contributed by atoms with E-state index in [0.29, 0.717) is 56.4 Å². The van der Waals surface area contributed by atoms with Gasteiger partial charge in [-0.15, -0.1) is 11.3 Å². The van der Waals surface area contributed by atoms with Gasteiger partial charge in [0.15, 0.2) is 5.13 Å². The zero-order valence-corrected chi connectivity index (χ0v) is 22.8. The van der Waals surface area contributed by atoms with Crippen LogP contribution in [0.25, 0.3) is 10.2 Å². The fourth-order valence-electron chi connectivity index (χ4n) is 3.83. The first-order valence-electron chi connectivity index (χ1n) is 10.5. The van der Waals surface area contributed by atoms with Gasteiger partial charge >= 0.3 is 0 Å². The molecule has 1 unspecified atom stereocenters. The second-order valence-corrected chi connectivity index (χ2v) is 13.3. The molecule has 0 bridgehead atoms. The lowest BCUT2D eigenvalue weighted by Gasteiger charge is -2.29. The third-order valence-corrected chi connectivity index (χ3v) is 10.7. The summed E-state index contributed by atoms with van der Waals surface area (Å²) in [6.07, 6.45) is 1.03. The van der Waals surface area contributed by atoms with Crippen LogP contribution in [0.2, 0.25) is 9.36 Å². The molecule has 1 aromatic carbocycles. The lowest BCUT2D eigenvalue weighted by molar-refractivity contribution is -0.121. The third-order valence-electron chi connectivity index (χ3n) is 5.54. The Morgan fingerprint density at radius 2 is 1.97 bits per heavy atom. The molecule has 1 fully saturated rings. The number of ether oxygens (including phenoxy) is 1. The van der Waals surface area contributed by atoms with Gasteiger partial charge in [0.25, 0.3) is 10.0 Å². The normalized spacial score (nSPS) is 17.1. The molecule has 3 heterocycles. The van der Waals surface area contributed by atoms with Crippen molar-refractivity contribution in [3.8, 4) is 5.75 Å². The van der Waals surface area contributed by atoms with Gasteiger partial charge in [-0.2, -0.15) is 4.31 Å². The van der Waals surface area contributed by atoms with Gasteiger partial charge in [0.2, 0.25) is 5.91 Å². The highest BCUT2D eigenvalue weighted by Crippen LogP contribution is 2.40. The van der Waals surface area contributed by atoms with Gasteiger partial charge in [-0.05, 0) is 51.2 Å². The fraction of sp³-hybridized carbons (Fsp3) is 0.429. The Labute approximate surface area is 216 Å². The molecule has 1 aliphatic heterocycles. The van der Waals surface area contributed by atoms with E-state index in [4.69, 9.17) is 27.9 Å². The van der Waals surface area contributed by atoms with Crippen LogP contribution in [-0.4, -0.2) is 75.4 Å². The Morgan fingerprint density at radius 1 is 1.21 bits per heavy atom. The summed E-state index contributed by atoms with van der Waals surface area (Å²) >= 11 is 14.7. The predicted octanol–water partition coefficient (Wildman–Crippen LogP) is 4.42. The van der Waals surface area contributed by atoms with E-state index in [-0.39, 0.29) is 16.7 Å². The molecule has 3 aromatic rings. The Morgan fingerprint density at radius 3 is 2.62 bits per heavy atom. The molecular formula is C21H24Cl2N4O4S3. The second-order valence-electron chi connectivity index (χ2n) is 8.05. The van der Waals surface area contributed by atoms with E-state index in [9.17, 15) is 13.2 Å². The van der Waals surface area contributed by atoms with E-state index >= 15 is 0 Å². The number of thiazole rings is 1. The summed E-state index contributed by atoms with van der Waals surface area (Å²) in [6.45, 7) is 1.20. The first kappa shape index (κ1) is 25.6. The fourth-order valence-corrected chi connectivity index (χ4v) is 8.38. The van der Waals surface area contributed by atoms with Crippen LogP contribution in [0, 0.1) is 0 Å². The van der Waals surface area contributed by atoms with Gasteiger partial charge < -0.3 is 9.64 Å². The van der Waals surface area contributed by atoms with Crippen LogP contribution >= 0.6 is 45.9 Å². The smallest absolute Gasteiger partial charge is 0.253 e. The number of nitrogens with zero attached hydrogens (tertiary/aromatic N) is 4. The van der Waals surface area contributed by atoms with Crippen LogP contribution in [0.15, 0.2) is 28.5 Å². The average Bonchev–Trinajstić information content (AvgIpc) is 3.53. The number of halogens is 2. The molecule has 1 saturated heterocycles. The number of thiophene rings is 1. The molecule has 0 radical (unpaired) electrons. The van der Waals surface area contributed by atoms with Crippen molar-refractivity contribution in [3.05, 3.63) is 33.6 Å². The predicted molar refractivity (Wildman–Crippen MR) is 138 cm³/mol. The molecule has 0 N–H and O–H groups in total. The zero-order chi connectivity index (χ0) is 24.6. The maximum atomic E-state index is 13.8. The van der Waals surface area contributed by atoms with Gasteiger partial charge in [0.1, 0.15) is 21.5 Å². The maximum absolute atomic E-state index is 13.8. The number of benzene rings is 1. The van der Waals surface area contributed by atoms with Gasteiger partial charge in [-0.25, -0.2) is 13.4 Å². The van der Waals surface area contributed by atoms with Crippen molar-refractivity contribution < 1.29 is 17.9 Å². The molecule has 0 saturated carbocycles. The Bertz CT molecular complexity index is 1310. The van der Waals surface area contributed by atoms with Crippen molar-refractivity contribution in [1.82, 2.24) is 14.2 Å². The Hall–Kier alpha value is -1.47. The molecule has 13 heteroatoms. The summed E-state index contributed by atoms with van der Waals surface area (Å²) in [4.78, 5) is 22.1. The molecule has 184 valence electrons. The van der Waals surface area contributed by atoms with E-state index in [0.717, 1.165) is 11.3 Å². The van der Waals surface area contributed by atoms with Gasteiger partial charge in [-0.3, -0.25) is 9.69 Å². The third kappa shape index (κ3) is 4.92. The number of rotatable bonds is 8. The number of hydrogen-bond acceptors (Lipinski definition) is 8. The summed E-state index contributed by atoms with van der Waals surface area (Å²) in [7, 11) is 1.52. The lowest BCUT2D eigenvalue weighted by Crippen LogP contribution is -2.49. The largest absolute Gasteiger partial charge is 0.494 e. The average molecular weight is 564 g/mol. The molecule has 1 atom stereocenters.